The first-order valence-electron chi connectivity index (χ1n) is 14.0. The molecule has 1 aliphatic heterocycles. The van der Waals surface area contributed by atoms with Crippen molar-refractivity contribution in [3.63, 3.8) is 0 Å². The topological polar surface area (TPSA) is 86.0 Å². The van der Waals surface area contributed by atoms with Gasteiger partial charge in [-0.3, -0.25) is 14.5 Å². The fraction of sp³-hybridized carbons (Fsp3) is 0.303. The molecule has 0 N–H and O–H groups in total. The average Bonchev–Trinajstić information content (AvgIpc) is 3.28. The summed E-state index contributed by atoms with van der Waals surface area (Å²) in [5.41, 5.74) is 1.77. The molecule has 1 amide bonds. The number of hydrogen-bond donors (Lipinski definition) is 0. The maximum absolute atomic E-state index is 13.9. The predicted octanol–water partition coefficient (Wildman–Crippen LogP) is 7.72. The smallest absolute Gasteiger partial charge is 0.338 e. The second-order valence-corrected chi connectivity index (χ2v) is 10.5. The van der Waals surface area contributed by atoms with Crippen molar-refractivity contribution in [3.8, 4) is 5.75 Å². The molecule has 0 bridgehead atoms. The number of anilines is 1. The minimum absolute atomic E-state index is 0.0212. The van der Waals surface area contributed by atoms with Crippen molar-refractivity contribution in [1.82, 2.24) is 0 Å². The first-order valence-corrected chi connectivity index (χ1v) is 14.4. The summed E-state index contributed by atoms with van der Waals surface area (Å²) < 4.78 is 17.4. The Morgan fingerprint density at radius 2 is 1.71 bits per heavy atom. The van der Waals surface area contributed by atoms with Crippen LogP contribution in [0.25, 0.3) is 11.0 Å². The normalized spacial score (nSPS) is 14.4. The van der Waals surface area contributed by atoms with Crippen LogP contribution in [-0.4, -0.2) is 25.1 Å². The standard InChI is InChI=1S/C33H32ClNO6/c1-3-5-7-18-39-25-10-8-9-22(19-25)29-28-30(36)26-20-23(34)13-16-27(26)41-31(28)32(37)35(29)24-14-11-21(12-15-24)33(38)40-17-6-4-2/h8-16,19-20,29H,3-7,17-18H2,1-2H3. The van der Waals surface area contributed by atoms with Crippen LogP contribution >= 0.6 is 11.6 Å². The number of ether oxygens (including phenoxy) is 2. The summed E-state index contributed by atoms with van der Waals surface area (Å²) in [6.45, 7) is 5.08. The Balaban J connectivity index is 1.58. The first-order chi connectivity index (χ1) is 19.9. The van der Waals surface area contributed by atoms with E-state index in [-0.39, 0.29) is 22.3 Å². The number of rotatable bonds is 11. The molecule has 0 radical (unpaired) electrons. The minimum atomic E-state index is -0.779. The minimum Gasteiger partial charge on any atom is -0.494 e. The van der Waals surface area contributed by atoms with Gasteiger partial charge in [0, 0.05) is 10.7 Å². The largest absolute Gasteiger partial charge is 0.494 e. The summed E-state index contributed by atoms with van der Waals surface area (Å²) in [6.07, 6.45) is 4.79. The van der Waals surface area contributed by atoms with Crippen LogP contribution < -0.4 is 15.1 Å². The zero-order chi connectivity index (χ0) is 28.9. The Morgan fingerprint density at radius 1 is 0.927 bits per heavy atom. The Hall–Kier alpha value is -4.10. The number of carbonyl (C=O) groups is 2. The summed E-state index contributed by atoms with van der Waals surface area (Å²) in [5.74, 6) is -0.248. The van der Waals surface area contributed by atoms with E-state index in [0.29, 0.717) is 46.2 Å². The van der Waals surface area contributed by atoms with Gasteiger partial charge >= 0.3 is 5.97 Å². The summed E-state index contributed by atoms with van der Waals surface area (Å²) in [6, 6.07) is 18.0. The molecular formula is C33H32ClNO6. The van der Waals surface area contributed by atoms with Gasteiger partial charge in [0.15, 0.2) is 5.43 Å². The monoisotopic (exact) mass is 573 g/mol. The van der Waals surface area contributed by atoms with Gasteiger partial charge in [0.1, 0.15) is 11.3 Å². The molecular weight excluding hydrogens is 542 g/mol. The van der Waals surface area contributed by atoms with E-state index in [1.165, 1.54) is 4.90 Å². The molecule has 5 rings (SSSR count). The van der Waals surface area contributed by atoms with E-state index < -0.39 is 17.9 Å². The number of esters is 1. The van der Waals surface area contributed by atoms with Crippen LogP contribution in [0.15, 0.2) is 75.9 Å². The molecule has 0 spiro atoms. The summed E-state index contributed by atoms with van der Waals surface area (Å²) in [5, 5.41) is 0.694. The lowest BCUT2D eigenvalue weighted by atomic mass is 9.98. The third-order valence-electron chi connectivity index (χ3n) is 7.13. The molecule has 0 fully saturated rings. The van der Waals surface area contributed by atoms with E-state index in [1.807, 2.05) is 31.2 Å². The summed E-state index contributed by atoms with van der Waals surface area (Å²) >= 11 is 6.21. The van der Waals surface area contributed by atoms with E-state index in [9.17, 15) is 14.4 Å². The second kappa shape index (κ2) is 12.6. The quantitative estimate of drug-likeness (QED) is 0.135. The van der Waals surface area contributed by atoms with Gasteiger partial charge in [-0.2, -0.15) is 0 Å². The van der Waals surface area contributed by atoms with E-state index >= 15 is 0 Å². The van der Waals surface area contributed by atoms with Crippen molar-refractivity contribution in [1.29, 1.82) is 0 Å². The molecule has 1 aliphatic rings. The van der Waals surface area contributed by atoms with Gasteiger partial charge < -0.3 is 13.9 Å². The number of carbonyl (C=O) groups excluding carboxylic acids is 2. The average molecular weight is 574 g/mol. The molecule has 1 aromatic heterocycles. The highest BCUT2D eigenvalue weighted by atomic mass is 35.5. The lowest BCUT2D eigenvalue weighted by Gasteiger charge is -2.25. The van der Waals surface area contributed by atoms with Crippen LogP contribution in [0.2, 0.25) is 5.02 Å². The molecule has 1 atom stereocenters. The SMILES string of the molecule is CCCCCOc1cccc(C2c3c(oc4ccc(Cl)cc4c3=O)C(=O)N2c2ccc(C(=O)OCCCC)cc2)c1. The Morgan fingerprint density at radius 3 is 2.46 bits per heavy atom. The third-order valence-corrected chi connectivity index (χ3v) is 7.37. The van der Waals surface area contributed by atoms with Crippen LogP contribution in [0.3, 0.4) is 0 Å². The van der Waals surface area contributed by atoms with E-state index in [2.05, 4.69) is 6.92 Å². The highest BCUT2D eigenvalue weighted by Gasteiger charge is 2.43. The predicted molar refractivity (Wildman–Crippen MR) is 159 cm³/mol. The molecule has 7 nitrogen and oxygen atoms in total. The first kappa shape index (κ1) is 28.4. The number of nitrogens with zero attached hydrogens (tertiary/aromatic N) is 1. The van der Waals surface area contributed by atoms with Gasteiger partial charge in [-0.05, 0) is 73.0 Å². The molecule has 0 aliphatic carbocycles. The molecule has 41 heavy (non-hydrogen) atoms. The second-order valence-electron chi connectivity index (χ2n) is 10.1. The molecule has 212 valence electrons. The van der Waals surface area contributed by atoms with Crippen molar-refractivity contribution in [2.75, 3.05) is 18.1 Å². The van der Waals surface area contributed by atoms with E-state index in [1.54, 1.807) is 42.5 Å². The van der Waals surface area contributed by atoms with Crippen LogP contribution in [0.1, 0.15) is 84.0 Å². The Bertz CT molecular complexity index is 1630. The zero-order valence-electron chi connectivity index (χ0n) is 23.2. The van der Waals surface area contributed by atoms with E-state index in [0.717, 1.165) is 32.1 Å². The number of fused-ring (bicyclic) bond motifs is 2. The van der Waals surface area contributed by atoms with Crippen molar-refractivity contribution in [3.05, 3.63) is 104 Å². The third kappa shape index (κ3) is 5.86. The van der Waals surface area contributed by atoms with E-state index in [4.69, 9.17) is 25.5 Å². The maximum atomic E-state index is 13.9. The van der Waals surface area contributed by atoms with Gasteiger partial charge in [0.25, 0.3) is 5.91 Å². The molecule has 1 unspecified atom stereocenters. The summed E-state index contributed by atoms with van der Waals surface area (Å²) in [4.78, 5) is 41.8. The number of halogens is 1. The Kier molecular flexibility index (Phi) is 8.74. The van der Waals surface area contributed by atoms with Crippen molar-refractivity contribution < 1.29 is 23.5 Å². The van der Waals surface area contributed by atoms with Crippen LogP contribution in [0, 0.1) is 0 Å². The number of benzene rings is 3. The van der Waals surface area contributed by atoms with Gasteiger partial charge in [0.05, 0.1) is 35.8 Å². The van der Waals surface area contributed by atoms with Crippen LogP contribution in [0.5, 0.6) is 5.75 Å². The van der Waals surface area contributed by atoms with Crippen molar-refractivity contribution in [2.45, 2.75) is 52.0 Å². The highest BCUT2D eigenvalue weighted by molar-refractivity contribution is 6.31. The summed E-state index contributed by atoms with van der Waals surface area (Å²) in [7, 11) is 0. The van der Waals surface area contributed by atoms with Crippen LogP contribution in [0.4, 0.5) is 5.69 Å². The number of hydrogen-bond acceptors (Lipinski definition) is 6. The molecule has 8 heteroatoms. The fourth-order valence-corrected chi connectivity index (χ4v) is 5.17. The van der Waals surface area contributed by atoms with Gasteiger partial charge in [-0.1, -0.05) is 56.8 Å². The lowest BCUT2D eigenvalue weighted by molar-refractivity contribution is 0.0499. The maximum Gasteiger partial charge on any atom is 0.338 e. The highest BCUT2D eigenvalue weighted by Crippen LogP contribution is 2.42. The molecule has 3 aromatic carbocycles. The van der Waals surface area contributed by atoms with Crippen LogP contribution in [-0.2, 0) is 4.74 Å². The fourth-order valence-electron chi connectivity index (χ4n) is 4.99. The molecule has 2 heterocycles. The van der Waals surface area contributed by atoms with Gasteiger partial charge in [0.2, 0.25) is 5.76 Å². The Labute approximate surface area is 243 Å². The van der Waals surface area contributed by atoms with Gasteiger partial charge in [-0.25, -0.2) is 4.79 Å². The molecule has 0 saturated carbocycles. The van der Waals surface area contributed by atoms with Crippen molar-refractivity contribution in [2.24, 2.45) is 0 Å². The molecule has 0 saturated heterocycles. The van der Waals surface area contributed by atoms with Crippen molar-refractivity contribution >= 4 is 40.1 Å². The number of amides is 1. The lowest BCUT2D eigenvalue weighted by Crippen LogP contribution is -2.29. The molecule has 4 aromatic rings. The zero-order valence-corrected chi connectivity index (χ0v) is 23.9. The van der Waals surface area contributed by atoms with Gasteiger partial charge in [-0.15, -0.1) is 0 Å². The number of unbranched alkanes of at least 4 members (excludes halogenated alkanes) is 3.